The van der Waals surface area contributed by atoms with E-state index >= 15 is 0 Å². The number of amidine groups is 1. The van der Waals surface area contributed by atoms with Crippen LogP contribution in [0.3, 0.4) is 0 Å². The molecule has 0 spiro atoms. The fraction of sp³-hybridized carbons (Fsp3) is 0.409. The lowest BCUT2D eigenvalue weighted by molar-refractivity contribution is 0.148. The summed E-state index contributed by atoms with van der Waals surface area (Å²) in [5.74, 6) is 6.69. The van der Waals surface area contributed by atoms with Gasteiger partial charge in [0.15, 0.2) is 11.7 Å². The molecule has 3 aromatic rings. The molecule has 1 aliphatic heterocycles. The third-order valence-electron chi connectivity index (χ3n) is 5.42. The number of nitrogens with zero attached hydrogens (tertiary/aromatic N) is 8. The zero-order valence-electron chi connectivity index (χ0n) is 18.8. The summed E-state index contributed by atoms with van der Waals surface area (Å²) in [6.07, 6.45) is 3.54. The Balaban J connectivity index is 1.59. The third-order valence-corrected chi connectivity index (χ3v) is 5.42. The summed E-state index contributed by atoms with van der Waals surface area (Å²) in [5, 5.41) is 19.9. The molecule has 0 saturated carbocycles. The number of azo groups is 1. The first-order chi connectivity index (χ1) is 15.5. The van der Waals surface area contributed by atoms with E-state index in [1.54, 1.807) is 6.33 Å². The summed E-state index contributed by atoms with van der Waals surface area (Å²) in [6.45, 7) is 9.04. The number of fused-ring (bicyclic) bond motifs is 1. The van der Waals surface area contributed by atoms with Gasteiger partial charge in [0, 0.05) is 50.2 Å². The highest BCUT2D eigenvalue weighted by molar-refractivity contribution is 5.99. The van der Waals surface area contributed by atoms with E-state index in [1.807, 2.05) is 48.8 Å². The van der Waals surface area contributed by atoms with Crippen molar-refractivity contribution in [3.8, 4) is 0 Å². The summed E-state index contributed by atoms with van der Waals surface area (Å²) in [7, 11) is 2.17. The number of aromatic nitrogens is 3. The van der Waals surface area contributed by atoms with E-state index in [4.69, 9.17) is 5.84 Å². The van der Waals surface area contributed by atoms with Crippen molar-refractivity contribution in [2.75, 3.05) is 38.5 Å². The second-order valence-electron chi connectivity index (χ2n) is 8.29. The van der Waals surface area contributed by atoms with Crippen molar-refractivity contribution in [3.63, 3.8) is 0 Å². The number of likely N-dealkylation sites (N-methyl/N-ethyl adjacent to an activating group) is 1. The van der Waals surface area contributed by atoms with Gasteiger partial charge in [-0.15, -0.1) is 5.11 Å². The van der Waals surface area contributed by atoms with Crippen molar-refractivity contribution in [2.24, 2.45) is 21.2 Å². The van der Waals surface area contributed by atoms with E-state index in [1.165, 1.54) is 5.56 Å². The van der Waals surface area contributed by atoms with Gasteiger partial charge in [-0.05, 0) is 44.7 Å². The highest BCUT2D eigenvalue weighted by atomic mass is 15.3. The van der Waals surface area contributed by atoms with Crippen molar-refractivity contribution in [1.82, 2.24) is 24.4 Å². The van der Waals surface area contributed by atoms with Crippen LogP contribution >= 0.6 is 0 Å². The Kier molecular flexibility index (Phi) is 6.72. The number of nitrogens with one attached hydrogen (secondary N) is 1. The maximum absolute atomic E-state index is 5.55. The average molecular weight is 435 g/mol. The number of hydrazone groups is 1. The number of hydrogen-bond donors (Lipinski definition) is 2. The van der Waals surface area contributed by atoms with Crippen LogP contribution in [0, 0.1) is 0 Å². The zero-order chi connectivity index (χ0) is 22.5. The number of hydrogen-bond acceptors (Lipinski definition) is 8. The Morgan fingerprint density at radius 2 is 2.00 bits per heavy atom. The lowest BCUT2D eigenvalue weighted by atomic mass is 10.2. The summed E-state index contributed by atoms with van der Waals surface area (Å²) in [4.78, 5) is 9.35. The van der Waals surface area contributed by atoms with Crippen LogP contribution in [0.5, 0.6) is 0 Å². The van der Waals surface area contributed by atoms with E-state index in [0.717, 1.165) is 55.3 Å². The Labute approximate surface area is 187 Å². The number of nitrogens with two attached hydrogens (primary N) is 1. The molecule has 10 nitrogen and oxygen atoms in total. The fourth-order valence-corrected chi connectivity index (χ4v) is 3.69. The van der Waals surface area contributed by atoms with Gasteiger partial charge in [0.25, 0.3) is 0 Å². The molecule has 0 amide bonds. The summed E-state index contributed by atoms with van der Waals surface area (Å²) in [6, 6.07) is 9.92. The SMILES string of the molecule is CC(C)N=NC(=NN)c1cccc(Nc2ncnn3ccc(CN4CCN(C)CC4)c23)c1. The summed E-state index contributed by atoms with van der Waals surface area (Å²) < 4.78 is 1.87. The van der Waals surface area contributed by atoms with E-state index in [-0.39, 0.29) is 6.04 Å². The van der Waals surface area contributed by atoms with Gasteiger partial charge in [0.2, 0.25) is 0 Å². The maximum Gasteiger partial charge on any atom is 0.200 e. The lowest BCUT2D eigenvalue weighted by Crippen LogP contribution is -2.43. The zero-order valence-corrected chi connectivity index (χ0v) is 18.8. The summed E-state index contributed by atoms with van der Waals surface area (Å²) in [5.41, 5.74) is 3.81. The maximum atomic E-state index is 5.55. The Morgan fingerprint density at radius 1 is 1.19 bits per heavy atom. The molecular weight excluding hydrogens is 404 g/mol. The minimum Gasteiger partial charge on any atom is -0.338 e. The molecule has 3 heterocycles. The van der Waals surface area contributed by atoms with Crippen LogP contribution in [0.15, 0.2) is 58.2 Å². The molecule has 1 saturated heterocycles. The largest absolute Gasteiger partial charge is 0.338 e. The molecule has 32 heavy (non-hydrogen) atoms. The molecule has 1 aromatic carbocycles. The molecule has 10 heteroatoms. The van der Waals surface area contributed by atoms with Crippen LogP contribution in [0.25, 0.3) is 5.52 Å². The first kappa shape index (κ1) is 21.8. The minimum atomic E-state index is 0.0652. The molecule has 3 N–H and O–H groups in total. The topological polar surface area (TPSA) is 112 Å². The van der Waals surface area contributed by atoms with E-state index in [0.29, 0.717) is 5.84 Å². The van der Waals surface area contributed by atoms with E-state index in [2.05, 4.69) is 53.6 Å². The van der Waals surface area contributed by atoms with Gasteiger partial charge < -0.3 is 16.1 Å². The molecule has 4 rings (SSSR count). The minimum absolute atomic E-state index is 0.0652. The van der Waals surface area contributed by atoms with Crippen LogP contribution in [0.1, 0.15) is 25.0 Å². The van der Waals surface area contributed by atoms with E-state index < -0.39 is 0 Å². The molecule has 0 unspecified atom stereocenters. The van der Waals surface area contributed by atoms with Crippen molar-refractivity contribution in [2.45, 2.75) is 26.4 Å². The van der Waals surface area contributed by atoms with Gasteiger partial charge in [-0.2, -0.15) is 15.3 Å². The van der Waals surface area contributed by atoms with Crippen molar-refractivity contribution in [3.05, 3.63) is 54.0 Å². The smallest absolute Gasteiger partial charge is 0.200 e. The molecule has 0 radical (unpaired) electrons. The van der Waals surface area contributed by atoms with E-state index in [9.17, 15) is 0 Å². The number of benzene rings is 1. The Hall–Kier alpha value is -3.37. The Morgan fingerprint density at radius 3 is 2.75 bits per heavy atom. The van der Waals surface area contributed by atoms with Gasteiger partial charge in [-0.1, -0.05) is 12.1 Å². The second-order valence-corrected chi connectivity index (χ2v) is 8.29. The fourth-order valence-electron chi connectivity index (χ4n) is 3.69. The quantitative estimate of drug-likeness (QED) is 0.203. The molecule has 1 fully saturated rings. The molecule has 1 aliphatic rings. The molecule has 0 aliphatic carbocycles. The highest BCUT2D eigenvalue weighted by Crippen LogP contribution is 2.25. The number of piperazine rings is 1. The monoisotopic (exact) mass is 434 g/mol. The molecular formula is C22H30N10. The van der Waals surface area contributed by atoms with Crippen molar-refractivity contribution in [1.29, 1.82) is 0 Å². The van der Waals surface area contributed by atoms with Crippen LogP contribution < -0.4 is 11.2 Å². The predicted molar refractivity (Wildman–Crippen MR) is 126 cm³/mol. The first-order valence-electron chi connectivity index (χ1n) is 10.8. The predicted octanol–water partition coefficient (Wildman–Crippen LogP) is 2.70. The second kappa shape index (κ2) is 9.84. The van der Waals surface area contributed by atoms with Gasteiger partial charge >= 0.3 is 0 Å². The van der Waals surface area contributed by atoms with Gasteiger partial charge in [-0.25, -0.2) is 9.50 Å². The number of rotatable bonds is 6. The van der Waals surface area contributed by atoms with Gasteiger partial charge in [0.05, 0.1) is 6.04 Å². The van der Waals surface area contributed by atoms with Gasteiger partial charge in [0.1, 0.15) is 11.8 Å². The summed E-state index contributed by atoms with van der Waals surface area (Å²) >= 11 is 0. The van der Waals surface area contributed by atoms with Crippen LogP contribution in [0.4, 0.5) is 11.5 Å². The van der Waals surface area contributed by atoms with Gasteiger partial charge in [-0.3, -0.25) is 4.90 Å². The highest BCUT2D eigenvalue weighted by Gasteiger charge is 2.17. The van der Waals surface area contributed by atoms with Crippen LogP contribution in [0.2, 0.25) is 0 Å². The lowest BCUT2D eigenvalue weighted by Gasteiger charge is -2.32. The molecule has 2 aromatic heterocycles. The van der Waals surface area contributed by atoms with Crippen molar-refractivity contribution < 1.29 is 0 Å². The normalized spacial score (nSPS) is 16.4. The molecule has 168 valence electrons. The average Bonchev–Trinajstić information content (AvgIpc) is 3.20. The third kappa shape index (κ3) is 5.09. The molecule has 0 bridgehead atoms. The Bertz CT molecular complexity index is 1110. The van der Waals surface area contributed by atoms with Crippen LogP contribution in [-0.2, 0) is 6.54 Å². The van der Waals surface area contributed by atoms with Crippen molar-refractivity contribution >= 4 is 22.9 Å². The standard InChI is InChI=1S/C22H30N10/c1-16(2)28-29-21(27-23)17-5-4-6-19(13-17)26-22-20-18(7-8-32(20)25-15-24-22)14-31-11-9-30(3)10-12-31/h4-8,13,15-16H,9-12,14,23H2,1-3H3,(H,24,25,26). The first-order valence-corrected chi connectivity index (χ1v) is 10.8. The van der Waals surface area contributed by atoms with Crippen LogP contribution in [-0.4, -0.2) is 69.5 Å². The molecule has 0 atom stereocenters. The number of anilines is 2.